The fraction of sp³-hybridized carbons (Fsp3) is 0.250. The molecule has 0 aliphatic carbocycles. The van der Waals surface area contributed by atoms with Gasteiger partial charge in [0, 0.05) is 11.3 Å². The number of hydrogen-bond donors (Lipinski definition) is 1. The van der Waals surface area contributed by atoms with Gasteiger partial charge in [-0.3, -0.25) is 0 Å². The zero-order chi connectivity index (χ0) is 18.5. The highest BCUT2D eigenvalue weighted by molar-refractivity contribution is 8.55. The highest BCUT2D eigenvalue weighted by Gasteiger charge is 2.26. The van der Waals surface area contributed by atoms with Crippen LogP contribution in [0, 0.1) is 0 Å². The Labute approximate surface area is 151 Å². The first-order valence-electron chi connectivity index (χ1n) is 7.52. The standard InChI is InChI=1S/C16H19O6PS2/c1-3-13(2)24-23(17,18)21-15-10-7-11-16(12-15)25(19,20)22-14-8-5-4-6-9-14/h4-13H,3H2,1-2H3,(H,17,18). The Kier molecular flexibility index (Phi) is 6.57. The third-order valence-electron chi connectivity index (χ3n) is 3.15. The molecule has 0 fully saturated rings. The molecule has 0 spiro atoms. The second kappa shape index (κ2) is 8.27. The van der Waals surface area contributed by atoms with Crippen molar-refractivity contribution in [2.24, 2.45) is 0 Å². The Morgan fingerprint density at radius 1 is 1.12 bits per heavy atom. The summed E-state index contributed by atoms with van der Waals surface area (Å²) in [6, 6.07) is 13.4. The minimum Gasteiger partial charge on any atom is -0.417 e. The van der Waals surface area contributed by atoms with E-state index in [4.69, 9.17) is 8.71 Å². The van der Waals surface area contributed by atoms with Crippen molar-refractivity contribution < 1.29 is 26.6 Å². The lowest BCUT2D eigenvalue weighted by molar-refractivity contribution is 0.401. The molecule has 2 aromatic rings. The minimum absolute atomic E-state index is 0.0145. The van der Waals surface area contributed by atoms with E-state index in [0.717, 1.165) is 17.4 Å². The summed E-state index contributed by atoms with van der Waals surface area (Å²) in [6.07, 6.45) is 0.706. The molecule has 0 saturated heterocycles. The third-order valence-corrected chi connectivity index (χ3v) is 7.90. The van der Waals surface area contributed by atoms with Gasteiger partial charge in [0.15, 0.2) is 0 Å². The number of rotatable bonds is 8. The summed E-state index contributed by atoms with van der Waals surface area (Å²) < 4.78 is 46.9. The zero-order valence-electron chi connectivity index (χ0n) is 13.7. The highest BCUT2D eigenvalue weighted by Crippen LogP contribution is 2.57. The predicted octanol–water partition coefficient (Wildman–Crippen LogP) is 4.47. The normalized spacial score (nSPS) is 15.2. The van der Waals surface area contributed by atoms with Crippen LogP contribution in [0.1, 0.15) is 20.3 Å². The summed E-state index contributed by atoms with van der Waals surface area (Å²) >= 11 is 0.821. The number of hydrogen-bond acceptors (Lipinski definition) is 6. The summed E-state index contributed by atoms with van der Waals surface area (Å²) in [7, 11) is -4.08. The molecule has 0 aromatic heterocycles. The van der Waals surface area contributed by atoms with Crippen LogP contribution in [0.5, 0.6) is 11.5 Å². The first kappa shape index (κ1) is 19.8. The molecule has 9 heteroatoms. The molecular weight excluding hydrogens is 383 g/mol. The van der Waals surface area contributed by atoms with Gasteiger partial charge in [0.1, 0.15) is 16.4 Å². The largest absolute Gasteiger partial charge is 0.437 e. The predicted molar refractivity (Wildman–Crippen MR) is 98.5 cm³/mol. The van der Waals surface area contributed by atoms with Crippen molar-refractivity contribution >= 4 is 28.3 Å². The van der Waals surface area contributed by atoms with E-state index in [9.17, 15) is 17.9 Å². The molecule has 0 aliphatic rings. The third kappa shape index (κ3) is 6.08. The van der Waals surface area contributed by atoms with Crippen LogP contribution in [0.15, 0.2) is 59.5 Å². The topological polar surface area (TPSA) is 89.9 Å². The second-order valence-electron chi connectivity index (χ2n) is 5.21. The summed E-state index contributed by atoms with van der Waals surface area (Å²) in [5.74, 6) is 0.161. The molecule has 6 nitrogen and oxygen atoms in total. The van der Waals surface area contributed by atoms with E-state index in [-0.39, 0.29) is 21.6 Å². The zero-order valence-corrected chi connectivity index (χ0v) is 16.3. The van der Waals surface area contributed by atoms with Crippen molar-refractivity contribution in [1.82, 2.24) is 0 Å². The van der Waals surface area contributed by atoms with Gasteiger partial charge >= 0.3 is 16.9 Å². The Balaban J connectivity index is 2.19. The van der Waals surface area contributed by atoms with Crippen LogP contribution in [-0.4, -0.2) is 18.6 Å². The molecule has 2 unspecified atom stereocenters. The van der Waals surface area contributed by atoms with Crippen molar-refractivity contribution in [2.45, 2.75) is 30.4 Å². The van der Waals surface area contributed by atoms with Crippen molar-refractivity contribution in [3.8, 4) is 11.5 Å². The summed E-state index contributed by atoms with van der Waals surface area (Å²) in [5, 5.41) is -0.0656. The van der Waals surface area contributed by atoms with E-state index in [2.05, 4.69) is 0 Å². The lowest BCUT2D eigenvalue weighted by Gasteiger charge is -2.16. The molecule has 25 heavy (non-hydrogen) atoms. The minimum atomic E-state index is -4.08. The average molecular weight is 402 g/mol. The van der Waals surface area contributed by atoms with Gasteiger partial charge in [-0.05, 0) is 42.1 Å². The van der Waals surface area contributed by atoms with E-state index in [1.54, 1.807) is 18.2 Å². The molecule has 1 N–H and O–H groups in total. The van der Waals surface area contributed by atoms with Crippen LogP contribution in [0.3, 0.4) is 0 Å². The quantitative estimate of drug-likeness (QED) is 0.515. The number of para-hydroxylation sites is 1. The van der Waals surface area contributed by atoms with Gasteiger partial charge in [-0.25, -0.2) is 4.57 Å². The van der Waals surface area contributed by atoms with Crippen LogP contribution in [0.2, 0.25) is 0 Å². The lowest BCUT2D eigenvalue weighted by Crippen LogP contribution is -2.09. The van der Waals surface area contributed by atoms with Gasteiger partial charge in [0.05, 0.1) is 0 Å². The van der Waals surface area contributed by atoms with Crippen molar-refractivity contribution in [3.63, 3.8) is 0 Å². The van der Waals surface area contributed by atoms with Crippen molar-refractivity contribution in [1.29, 1.82) is 0 Å². The Bertz CT molecular complexity index is 854. The summed E-state index contributed by atoms with van der Waals surface area (Å²) in [5.41, 5.74) is 0. The van der Waals surface area contributed by atoms with Crippen LogP contribution in [0.4, 0.5) is 0 Å². The van der Waals surface area contributed by atoms with E-state index >= 15 is 0 Å². The maximum Gasteiger partial charge on any atom is 0.437 e. The highest BCUT2D eigenvalue weighted by atomic mass is 32.7. The molecule has 0 bridgehead atoms. The van der Waals surface area contributed by atoms with E-state index in [1.807, 2.05) is 13.8 Å². The Hall–Kier alpha value is -1.47. The van der Waals surface area contributed by atoms with Gasteiger partial charge in [0.2, 0.25) is 0 Å². The first-order valence-corrected chi connectivity index (χ1v) is 12.0. The SMILES string of the molecule is CCC(C)SP(=O)(O)Oc1cccc(S(=O)(=O)Oc2ccccc2)c1. The fourth-order valence-corrected chi connectivity index (χ4v) is 5.99. The molecule has 2 atom stereocenters. The molecule has 2 rings (SSSR count). The van der Waals surface area contributed by atoms with E-state index in [1.165, 1.54) is 30.3 Å². The van der Waals surface area contributed by atoms with Gasteiger partial charge in [0.25, 0.3) is 0 Å². The maximum absolute atomic E-state index is 12.3. The molecule has 2 aromatic carbocycles. The molecule has 0 saturated carbocycles. The molecule has 0 heterocycles. The molecule has 0 aliphatic heterocycles. The van der Waals surface area contributed by atoms with Crippen molar-refractivity contribution in [2.75, 3.05) is 0 Å². The van der Waals surface area contributed by atoms with Gasteiger partial charge in [-0.15, -0.1) is 0 Å². The molecule has 136 valence electrons. The van der Waals surface area contributed by atoms with Crippen molar-refractivity contribution in [3.05, 3.63) is 54.6 Å². The average Bonchev–Trinajstić information content (AvgIpc) is 2.54. The Morgan fingerprint density at radius 3 is 2.40 bits per heavy atom. The fourth-order valence-electron chi connectivity index (χ4n) is 1.79. The number of benzene rings is 2. The summed E-state index contributed by atoms with van der Waals surface area (Å²) in [6.45, 7) is -0.239. The van der Waals surface area contributed by atoms with Crippen LogP contribution >= 0.6 is 18.2 Å². The van der Waals surface area contributed by atoms with E-state index < -0.39 is 16.9 Å². The monoisotopic (exact) mass is 402 g/mol. The molecule has 0 amide bonds. The smallest absolute Gasteiger partial charge is 0.417 e. The second-order valence-corrected chi connectivity index (χ2v) is 10.9. The van der Waals surface area contributed by atoms with Gasteiger partial charge < -0.3 is 13.6 Å². The van der Waals surface area contributed by atoms with Gasteiger partial charge in [-0.2, -0.15) is 8.42 Å². The van der Waals surface area contributed by atoms with Crippen LogP contribution < -0.4 is 8.71 Å². The first-order chi connectivity index (χ1) is 11.7. The van der Waals surface area contributed by atoms with Crippen LogP contribution in [-0.2, 0) is 14.7 Å². The summed E-state index contributed by atoms with van der Waals surface area (Å²) in [4.78, 5) is 9.75. The Morgan fingerprint density at radius 2 is 1.76 bits per heavy atom. The van der Waals surface area contributed by atoms with E-state index in [0.29, 0.717) is 6.42 Å². The maximum atomic E-state index is 12.3. The molecular formula is C16H19O6PS2. The molecule has 0 radical (unpaired) electrons. The van der Waals surface area contributed by atoms with Gasteiger partial charge in [-0.1, -0.05) is 38.1 Å². The lowest BCUT2D eigenvalue weighted by atomic mass is 10.3. The van der Waals surface area contributed by atoms with Crippen LogP contribution in [0.25, 0.3) is 0 Å².